The van der Waals surface area contributed by atoms with Crippen LogP contribution < -0.4 is 10.6 Å². The highest BCUT2D eigenvalue weighted by atomic mass is 32.2. The summed E-state index contributed by atoms with van der Waals surface area (Å²) in [4.78, 5) is 12.3. The van der Waals surface area contributed by atoms with Gasteiger partial charge in [0.05, 0.1) is 0 Å². The molecule has 1 aliphatic carbocycles. The molecule has 4 atom stereocenters. The summed E-state index contributed by atoms with van der Waals surface area (Å²) in [5.74, 6) is 2.13. The number of hydrogen-bond donors (Lipinski definition) is 2. The second kappa shape index (κ2) is 7.36. The Hall–Kier alpha value is -0.220. The molecule has 0 aromatic carbocycles. The molecule has 3 rings (SSSR count). The lowest BCUT2D eigenvalue weighted by atomic mass is 9.89. The Morgan fingerprint density at radius 3 is 2.62 bits per heavy atom. The third-order valence-corrected chi connectivity index (χ3v) is 6.67. The van der Waals surface area contributed by atoms with Crippen molar-refractivity contribution >= 4 is 17.7 Å². The van der Waals surface area contributed by atoms with E-state index in [2.05, 4.69) is 29.3 Å². The molecule has 3 nitrogen and oxygen atoms in total. The van der Waals surface area contributed by atoms with Gasteiger partial charge in [0.2, 0.25) is 5.91 Å². The van der Waals surface area contributed by atoms with E-state index < -0.39 is 0 Å². The maximum atomic E-state index is 12.3. The average Bonchev–Trinajstić information content (AvgIpc) is 2.78. The van der Waals surface area contributed by atoms with Gasteiger partial charge in [-0.25, -0.2) is 0 Å². The molecule has 0 aromatic rings. The third kappa shape index (κ3) is 4.38. The van der Waals surface area contributed by atoms with E-state index in [-0.39, 0.29) is 0 Å². The van der Waals surface area contributed by atoms with Gasteiger partial charge in [0, 0.05) is 29.8 Å². The second-order valence-corrected chi connectivity index (χ2v) is 8.77. The number of amides is 1. The Labute approximate surface area is 133 Å². The molecule has 2 N–H and O–H groups in total. The minimum atomic E-state index is 0.313. The Morgan fingerprint density at radius 1 is 1.14 bits per heavy atom. The highest BCUT2D eigenvalue weighted by Gasteiger charge is 2.34. The molecule has 2 aliphatic heterocycles. The Bertz CT molecular complexity index is 349. The van der Waals surface area contributed by atoms with E-state index >= 15 is 0 Å². The molecule has 0 spiro atoms. The van der Waals surface area contributed by atoms with E-state index in [1.807, 2.05) is 0 Å². The first-order valence-electron chi connectivity index (χ1n) is 8.90. The summed E-state index contributed by atoms with van der Waals surface area (Å²) in [5, 5.41) is 7.76. The van der Waals surface area contributed by atoms with Gasteiger partial charge in [-0.05, 0) is 56.6 Å². The van der Waals surface area contributed by atoms with Crippen LogP contribution in [-0.4, -0.2) is 35.0 Å². The summed E-state index contributed by atoms with van der Waals surface area (Å²) >= 11 is 2.07. The lowest BCUT2D eigenvalue weighted by molar-refractivity contribution is -0.123. The zero-order valence-electron chi connectivity index (χ0n) is 13.3. The van der Waals surface area contributed by atoms with Crippen LogP contribution in [0.15, 0.2) is 0 Å². The number of thioether (sulfide) groups is 1. The summed E-state index contributed by atoms with van der Waals surface area (Å²) in [6.07, 6.45) is 10.8. The van der Waals surface area contributed by atoms with Crippen molar-refractivity contribution in [1.29, 1.82) is 0 Å². The summed E-state index contributed by atoms with van der Waals surface area (Å²) in [6, 6.07) is 1.83. The zero-order valence-corrected chi connectivity index (χ0v) is 14.1. The number of hydrogen-bond acceptors (Lipinski definition) is 3. The Morgan fingerprint density at radius 2 is 1.90 bits per heavy atom. The van der Waals surface area contributed by atoms with Crippen molar-refractivity contribution in [2.24, 2.45) is 5.92 Å². The predicted octanol–water partition coefficient (Wildman–Crippen LogP) is 3.09. The van der Waals surface area contributed by atoms with Crippen LogP contribution in [0.1, 0.15) is 64.7 Å². The molecule has 2 heterocycles. The first-order valence-corrected chi connectivity index (χ1v) is 9.94. The molecule has 3 aliphatic rings. The van der Waals surface area contributed by atoms with Gasteiger partial charge in [0.1, 0.15) is 0 Å². The van der Waals surface area contributed by atoms with Crippen molar-refractivity contribution in [2.45, 2.75) is 88.1 Å². The summed E-state index contributed by atoms with van der Waals surface area (Å²) in [6.45, 7) is 2.23. The van der Waals surface area contributed by atoms with Gasteiger partial charge in [-0.1, -0.05) is 13.3 Å². The molecule has 2 bridgehead atoms. The lowest BCUT2D eigenvalue weighted by Gasteiger charge is -2.31. The third-order valence-electron chi connectivity index (χ3n) is 5.44. The van der Waals surface area contributed by atoms with Gasteiger partial charge in [0.15, 0.2) is 0 Å². The number of carbonyl (C=O) groups is 1. The molecule has 0 aromatic heterocycles. The lowest BCUT2D eigenvalue weighted by Crippen LogP contribution is -2.42. The van der Waals surface area contributed by atoms with Gasteiger partial charge >= 0.3 is 0 Å². The fourth-order valence-corrected chi connectivity index (χ4v) is 5.73. The first kappa shape index (κ1) is 15.7. The monoisotopic (exact) mass is 310 g/mol. The maximum absolute atomic E-state index is 12.3. The second-order valence-electron chi connectivity index (χ2n) is 7.19. The van der Waals surface area contributed by atoms with Crippen LogP contribution in [-0.2, 0) is 4.79 Å². The van der Waals surface area contributed by atoms with E-state index in [4.69, 9.17) is 0 Å². The fraction of sp³-hybridized carbons (Fsp3) is 0.941. The van der Waals surface area contributed by atoms with E-state index in [0.29, 0.717) is 30.0 Å². The molecule has 120 valence electrons. The van der Waals surface area contributed by atoms with Crippen molar-refractivity contribution in [3.8, 4) is 0 Å². The Kier molecular flexibility index (Phi) is 5.49. The topological polar surface area (TPSA) is 41.1 Å². The van der Waals surface area contributed by atoms with Crippen LogP contribution in [0.25, 0.3) is 0 Å². The number of nitrogens with one attached hydrogen (secondary N) is 2. The number of carbonyl (C=O) groups excluding carboxylic acids is 1. The van der Waals surface area contributed by atoms with Crippen molar-refractivity contribution in [3.63, 3.8) is 0 Å². The van der Waals surface area contributed by atoms with Crippen LogP contribution in [0.3, 0.4) is 0 Å². The van der Waals surface area contributed by atoms with Crippen molar-refractivity contribution < 1.29 is 4.79 Å². The number of fused-ring (bicyclic) bond motifs is 2. The van der Waals surface area contributed by atoms with Crippen molar-refractivity contribution in [3.05, 3.63) is 0 Å². The molecule has 3 fully saturated rings. The largest absolute Gasteiger partial charge is 0.353 e. The van der Waals surface area contributed by atoms with Gasteiger partial charge in [-0.2, -0.15) is 11.8 Å². The highest BCUT2D eigenvalue weighted by molar-refractivity contribution is 7.99. The number of piperidine rings is 1. The minimum Gasteiger partial charge on any atom is -0.353 e. The molecule has 0 radical (unpaired) electrons. The van der Waals surface area contributed by atoms with E-state index in [9.17, 15) is 4.79 Å². The summed E-state index contributed by atoms with van der Waals surface area (Å²) in [5.41, 5.74) is 0. The molecule has 1 amide bonds. The van der Waals surface area contributed by atoms with Crippen molar-refractivity contribution in [2.75, 3.05) is 5.75 Å². The van der Waals surface area contributed by atoms with Crippen LogP contribution in [0, 0.1) is 5.92 Å². The van der Waals surface area contributed by atoms with Gasteiger partial charge in [-0.15, -0.1) is 0 Å². The first-order chi connectivity index (χ1) is 10.2. The molecule has 4 unspecified atom stereocenters. The van der Waals surface area contributed by atoms with Gasteiger partial charge in [0.25, 0.3) is 0 Å². The van der Waals surface area contributed by atoms with Crippen LogP contribution in [0.2, 0.25) is 0 Å². The van der Waals surface area contributed by atoms with Crippen molar-refractivity contribution in [1.82, 2.24) is 10.6 Å². The quantitative estimate of drug-likeness (QED) is 0.820. The van der Waals surface area contributed by atoms with Gasteiger partial charge in [-0.3, -0.25) is 4.79 Å². The SMILES string of the molecule is CCSC1CCCC(NC(=O)CC2CC3CCC(C2)N3)C1. The summed E-state index contributed by atoms with van der Waals surface area (Å²) < 4.78 is 0. The van der Waals surface area contributed by atoms with E-state index in [1.165, 1.54) is 57.1 Å². The van der Waals surface area contributed by atoms with Crippen LogP contribution in [0.5, 0.6) is 0 Å². The zero-order chi connectivity index (χ0) is 14.7. The standard InChI is InChI=1S/C17H30N2OS/c1-2-21-16-5-3-4-13(11-16)19-17(20)10-12-8-14-6-7-15(9-12)18-14/h12-16,18H,2-11H2,1H3,(H,19,20). The summed E-state index contributed by atoms with van der Waals surface area (Å²) in [7, 11) is 0. The van der Waals surface area contributed by atoms with Crippen LogP contribution >= 0.6 is 11.8 Å². The predicted molar refractivity (Wildman–Crippen MR) is 89.6 cm³/mol. The molecular formula is C17H30N2OS. The van der Waals surface area contributed by atoms with E-state index in [1.54, 1.807) is 0 Å². The fourth-order valence-electron chi connectivity index (χ4n) is 4.55. The molecule has 4 heteroatoms. The molecular weight excluding hydrogens is 280 g/mol. The van der Waals surface area contributed by atoms with Gasteiger partial charge < -0.3 is 10.6 Å². The average molecular weight is 311 g/mol. The molecule has 2 saturated heterocycles. The Balaban J connectivity index is 1.41. The maximum Gasteiger partial charge on any atom is 0.220 e. The highest BCUT2D eigenvalue weighted by Crippen LogP contribution is 2.33. The normalized spacial score (nSPS) is 39.2. The molecule has 21 heavy (non-hydrogen) atoms. The minimum absolute atomic E-state index is 0.313. The number of rotatable bonds is 5. The van der Waals surface area contributed by atoms with Crippen LogP contribution in [0.4, 0.5) is 0 Å². The van der Waals surface area contributed by atoms with E-state index in [0.717, 1.165) is 11.7 Å². The molecule has 1 saturated carbocycles. The smallest absolute Gasteiger partial charge is 0.220 e.